The first-order chi connectivity index (χ1) is 8.16. The van der Waals surface area contributed by atoms with E-state index in [1.165, 1.54) is 12.8 Å². The van der Waals surface area contributed by atoms with Gasteiger partial charge in [0.25, 0.3) is 0 Å². The van der Waals surface area contributed by atoms with Crippen molar-refractivity contribution in [2.45, 2.75) is 38.3 Å². The van der Waals surface area contributed by atoms with Crippen molar-refractivity contribution in [2.75, 3.05) is 6.54 Å². The minimum absolute atomic E-state index is 0.121. The fourth-order valence-corrected chi connectivity index (χ4v) is 2.50. The van der Waals surface area contributed by atoms with Crippen molar-refractivity contribution >= 4 is 5.97 Å². The van der Waals surface area contributed by atoms with Gasteiger partial charge in [-0.2, -0.15) is 0 Å². The van der Waals surface area contributed by atoms with E-state index < -0.39 is 5.97 Å². The molecule has 0 aromatic carbocycles. The van der Waals surface area contributed by atoms with Crippen molar-refractivity contribution < 1.29 is 9.90 Å². The molecule has 17 heavy (non-hydrogen) atoms. The minimum Gasteiger partial charge on any atom is -0.480 e. The first kappa shape index (κ1) is 12.1. The number of aliphatic carboxylic acids is 1. The van der Waals surface area contributed by atoms with Crippen molar-refractivity contribution in [1.29, 1.82) is 0 Å². The van der Waals surface area contributed by atoms with E-state index in [2.05, 4.69) is 9.88 Å². The van der Waals surface area contributed by atoms with Crippen LogP contribution in [0.25, 0.3) is 0 Å². The van der Waals surface area contributed by atoms with E-state index in [0.29, 0.717) is 12.6 Å². The van der Waals surface area contributed by atoms with Gasteiger partial charge in [-0.05, 0) is 12.8 Å². The SMILES string of the molecule is Cn1cncc1CN(CC(=O)O)C1CCCC1. The highest BCUT2D eigenvalue weighted by atomic mass is 16.4. The highest BCUT2D eigenvalue weighted by Crippen LogP contribution is 2.24. The Kier molecular flexibility index (Phi) is 3.78. The lowest BCUT2D eigenvalue weighted by Gasteiger charge is -2.26. The van der Waals surface area contributed by atoms with Gasteiger partial charge in [-0.15, -0.1) is 0 Å². The van der Waals surface area contributed by atoms with Gasteiger partial charge in [0.2, 0.25) is 0 Å². The molecule has 5 heteroatoms. The largest absolute Gasteiger partial charge is 0.480 e. The predicted molar refractivity (Wildman–Crippen MR) is 63.5 cm³/mol. The van der Waals surface area contributed by atoms with Gasteiger partial charge in [-0.1, -0.05) is 12.8 Å². The molecule has 1 aromatic heterocycles. The topological polar surface area (TPSA) is 58.4 Å². The average Bonchev–Trinajstić information content (AvgIpc) is 2.89. The number of imidazole rings is 1. The molecule has 1 fully saturated rings. The van der Waals surface area contributed by atoms with E-state index in [0.717, 1.165) is 18.5 Å². The van der Waals surface area contributed by atoms with Crippen molar-refractivity contribution in [2.24, 2.45) is 7.05 Å². The Morgan fingerprint density at radius 3 is 2.82 bits per heavy atom. The number of rotatable bonds is 5. The van der Waals surface area contributed by atoms with Crippen LogP contribution >= 0.6 is 0 Å². The second kappa shape index (κ2) is 5.31. The quantitative estimate of drug-likeness (QED) is 0.837. The first-order valence-electron chi connectivity index (χ1n) is 6.08. The molecule has 1 saturated carbocycles. The molecule has 0 aliphatic heterocycles. The summed E-state index contributed by atoms with van der Waals surface area (Å²) in [5.74, 6) is -0.751. The first-order valence-corrected chi connectivity index (χ1v) is 6.08. The standard InChI is InChI=1S/C12H19N3O2/c1-14-9-13-6-11(14)7-15(8-12(16)17)10-4-2-3-5-10/h6,9-10H,2-5,7-8H2,1H3,(H,16,17). The molecule has 0 amide bonds. The van der Waals surface area contributed by atoms with Crippen molar-refractivity contribution in [1.82, 2.24) is 14.5 Å². The molecule has 0 spiro atoms. The molecule has 1 N–H and O–H groups in total. The van der Waals surface area contributed by atoms with Gasteiger partial charge < -0.3 is 9.67 Å². The summed E-state index contributed by atoms with van der Waals surface area (Å²) < 4.78 is 1.95. The zero-order chi connectivity index (χ0) is 12.3. The molecule has 1 heterocycles. The Labute approximate surface area is 101 Å². The molecule has 0 saturated heterocycles. The number of hydrogen-bond acceptors (Lipinski definition) is 3. The number of hydrogen-bond donors (Lipinski definition) is 1. The van der Waals surface area contributed by atoms with Crippen LogP contribution in [0.1, 0.15) is 31.4 Å². The number of carboxylic acid groups (broad SMARTS) is 1. The molecule has 0 atom stereocenters. The highest BCUT2D eigenvalue weighted by Gasteiger charge is 2.24. The summed E-state index contributed by atoms with van der Waals surface area (Å²) in [6.45, 7) is 0.795. The third-order valence-corrected chi connectivity index (χ3v) is 3.46. The van der Waals surface area contributed by atoms with Crippen molar-refractivity contribution in [3.8, 4) is 0 Å². The maximum Gasteiger partial charge on any atom is 0.317 e. The molecule has 0 unspecified atom stereocenters. The summed E-state index contributed by atoms with van der Waals surface area (Å²) in [6, 6.07) is 0.418. The molecular formula is C12H19N3O2. The summed E-state index contributed by atoms with van der Waals surface area (Å²) in [6.07, 6.45) is 8.22. The van der Waals surface area contributed by atoms with Crippen LogP contribution in [-0.2, 0) is 18.4 Å². The summed E-state index contributed by atoms with van der Waals surface area (Å²) in [5, 5.41) is 8.98. The molecule has 1 aromatic rings. The van der Waals surface area contributed by atoms with E-state index in [9.17, 15) is 4.79 Å². The molecule has 1 aliphatic carbocycles. The van der Waals surface area contributed by atoms with E-state index >= 15 is 0 Å². The van der Waals surface area contributed by atoms with E-state index in [1.54, 1.807) is 6.33 Å². The molecule has 94 valence electrons. The predicted octanol–water partition coefficient (Wildman–Crippen LogP) is 1.25. The van der Waals surface area contributed by atoms with Crippen LogP contribution in [0.5, 0.6) is 0 Å². The molecule has 0 bridgehead atoms. The van der Waals surface area contributed by atoms with Gasteiger partial charge in [0.1, 0.15) is 0 Å². The Balaban J connectivity index is 2.04. The number of carbonyl (C=O) groups is 1. The summed E-state index contributed by atoms with van der Waals surface area (Å²) in [5.41, 5.74) is 1.07. The van der Waals surface area contributed by atoms with Crippen LogP contribution in [0.4, 0.5) is 0 Å². The van der Waals surface area contributed by atoms with Gasteiger partial charge >= 0.3 is 5.97 Å². The van der Waals surface area contributed by atoms with Crippen molar-refractivity contribution in [3.05, 3.63) is 18.2 Å². The molecule has 0 radical (unpaired) electrons. The van der Waals surface area contributed by atoms with Crippen LogP contribution < -0.4 is 0 Å². The van der Waals surface area contributed by atoms with Gasteiger partial charge in [0, 0.05) is 25.8 Å². The van der Waals surface area contributed by atoms with E-state index in [4.69, 9.17) is 5.11 Å². The van der Waals surface area contributed by atoms with E-state index in [1.807, 2.05) is 17.8 Å². The average molecular weight is 237 g/mol. The van der Waals surface area contributed by atoms with Crippen LogP contribution in [0.3, 0.4) is 0 Å². The third-order valence-electron chi connectivity index (χ3n) is 3.46. The zero-order valence-corrected chi connectivity index (χ0v) is 10.2. The summed E-state index contributed by atoms with van der Waals surface area (Å²) >= 11 is 0. The Morgan fingerprint density at radius 2 is 2.29 bits per heavy atom. The summed E-state index contributed by atoms with van der Waals surface area (Å²) in [7, 11) is 1.94. The van der Waals surface area contributed by atoms with Gasteiger partial charge in [-0.25, -0.2) is 4.98 Å². The highest BCUT2D eigenvalue weighted by molar-refractivity contribution is 5.69. The summed E-state index contributed by atoms with van der Waals surface area (Å²) in [4.78, 5) is 17.0. The fraction of sp³-hybridized carbons (Fsp3) is 0.667. The molecule has 5 nitrogen and oxygen atoms in total. The lowest BCUT2D eigenvalue weighted by Crippen LogP contribution is -2.37. The van der Waals surface area contributed by atoms with Gasteiger partial charge in [-0.3, -0.25) is 9.69 Å². The van der Waals surface area contributed by atoms with Crippen LogP contribution in [0.2, 0.25) is 0 Å². The number of aromatic nitrogens is 2. The number of carboxylic acids is 1. The molecular weight excluding hydrogens is 218 g/mol. The normalized spacial score (nSPS) is 16.8. The zero-order valence-electron chi connectivity index (χ0n) is 10.2. The Morgan fingerprint density at radius 1 is 1.59 bits per heavy atom. The third kappa shape index (κ3) is 3.06. The molecule has 1 aliphatic rings. The smallest absolute Gasteiger partial charge is 0.317 e. The van der Waals surface area contributed by atoms with Crippen LogP contribution in [0.15, 0.2) is 12.5 Å². The van der Waals surface area contributed by atoms with Gasteiger partial charge in [0.05, 0.1) is 18.6 Å². The van der Waals surface area contributed by atoms with Crippen molar-refractivity contribution in [3.63, 3.8) is 0 Å². The Bertz CT molecular complexity index is 383. The van der Waals surface area contributed by atoms with Gasteiger partial charge in [0.15, 0.2) is 0 Å². The second-order valence-electron chi connectivity index (χ2n) is 4.73. The number of aryl methyl sites for hydroxylation is 1. The maximum atomic E-state index is 10.9. The maximum absolute atomic E-state index is 10.9. The minimum atomic E-state index is -0.751. The lowest BCUT2D eigenvalue weighted by atomic mass is 10.2. The van der Waals surface area contributed by atoms with Crippen LogP contribution in [-0.4, -0.2) is 38.1 Å². The fourth-order valence-electron chi connectivity index (χ4n) is 2.50. The number of nitrogens with zero attached hydrogens (tertiary/aromatic N) is 3. The Hall–Kier alpha value is -1.36. The van der Waals surface area contributed by atoms with Crippen LogP contribution in [0, 0.1) is 0 Å². The second-order valence-corrected chi connectivity index (χ2v) is 4.73. The molecule has 2 rings (SSSR count). The monoisotopic (exact) mass is 237 g/mol. The lowest BCUT2D eigenvalue weighted by molar-refractivity contribution is -0.139. The van der Waals surface area contributed by atoms with E-state index in [-0.39, 0.29) is 6.54 Å².